The molecule has 0 saturated heterocycles. The zero-order valence-electron chi connectivity index (χ0n) is 19.2. The highest BCUT2D eigenvalue weighted by Crippen LogP contribution is 2.47. The second kappa shape index (κ2) is 9.48. The van der Waals surface area contributed by atoms with E-state index in [1.807, 2.05) is 0 Å². The van der Waals surface area contributed by atoms with Crippen LogP contribution in [0.2, 0.25) is 0 Å². The highest BCUT2D eigenvalue weighted by molar-refractivity contribution is 5.99. The molecule has 8 nitrogen and oxygen atoms in total. The number of rotatable bonds is 7. The fourth-order valence-electron chi connectivity index (χ4n) is 3.90. The third-order valence-electron chi connectivity index (χ3n) is 5.98. The SMILES string of the molecule is COC(=O)C=C(C)C=C[C@@]1(O)C(C)=C(Cc2ccc([N+](=O)[O-])cc2OC)C(=O)CC1(C)C. The van der Waals surface area contributed by atoms with Crippen molar-refractivity contribution in [3.8, 4) is 5.75 Å². The van der Waals surface area contributed by atoms with E-state index in [1.54, 1.807) is 45.9 Å². The quantitative estimate of drug-likeness (QED) is 0.224. The number of ether oxygens (including phenoxy) is 2. The molecule has 0 spiro atoms. The third-order valence-corrected chi connectivity index (χ3v) is 5.98. The maximum Gasteiger partial charge on any atom is 0.330 e. The molecule has 1 aliphatic rings. The van der Waals surface area contributed by atoms with E-state index in [4.69, 9.17) is 4.74 Å². The summed E-state index contributed by atoms with van der Waals surface area (Å²) in [5.41, 5.74) is -0.244. The van der Waals surface area contributed by atoms with E-state index in [9.17, 15) is 24.8 Å². The number of methoxy groups -OCH3 is 2. The van der Waals surface area contributed by atoms with E-state index < -0.39 is 21.9 Å². The van der Waals surface area contributed by atoms with Crippen molar-refractivity contribution >= 4 is 17.4 Å². The lowest BCUT2D eigenvalue weighted by atomic mass is 9.62. The van der Waals surface area contributed by atoms with Crippen LogP contribution in [0.3, 0.4) is 0 Å². The summed E-state index contributed by atoms with van der Waals surface area (Å²) in [6.07, 6.45) is 4.80. The van der Waals surface area contributed by atoms with Crippen LogP contribution in [-0.4, -0.2) is 41.6 Å². The lowest BCUT2D eigenvalue weighted by Crippen LogP contribution is -2.49. The van der Waals surface area contributed by atoms with Gasteiger partial charge in [-0.25, -0.2) is 4.79 Å². The molecular formula is C24H29NO7. The highest BCUT2D eigenvalue weighted by Gasteiger charge is 2.49. The van der Waals surface area contributed by atoms with E-state index in [0.29, 0.717) is 28.0 Å². The number of carbonyl (C=O) groups is 2. The van der Waals surface area contributed by atoms with Gasteiger partial charge in [-0.05, 0) is 42.7 Å². The largest absolute Gasteiger partial charge is 0.496 e. The summed E-state index contributed by atoms with van der Waals surface area (Å²) in [5.74, 6) is -0.309. The van der Waals surface area contributed by atoms with Crippen molar-refractivity contribution in [2.45, 2.75) is 46.1 Å². The summed E-state index contributed by atoms with van der Waals surface area (Å²) in [7, 11) is 2.69. The molecular weight excluding hydrogens is 414 g/mol. The number of aliphatic hydroxyl groups is 1. The summed E-state index contributed by atoms with van der Waals surface area (Å²) >= 11 is 0. The smallest absolute Gasteiger partial charge is 0.330 e. The molecule has 1 aromatic carbocycles. The Kier molecular flexibility index (Phi) is 7.41. The number of benzene rings is 1. The first-order chi connectivity index (χ1) is 14.9. The molecule has 0 aromatic heterocycles. The van der Waals surface area contributed by atoms with Gasteiger partial charge in [0.15, 0.2) is 5.78 Å². The number of ketones is 1. The van der Waals surface area contributed by atoms with E-state index >= 15 is 0 Å². The van der Waals surface area contributed by atoms with Gasteiger partial charge in [-0.1, -0.05) is 19.9 Å². The topological polar surface area (TPSA) is 116 Å². The molecule has 0 bridgehead atoms. The molecule has 0 unspecified atom stereocenters. The normalized spacial score (nSPS) is 21.1. The van der Waals surface area contributed by atoms with Gasteiger partial charge in [0.1, 0.15) is 11.4 Å². The predicted octanol–water partition coefficient (Wildman–Crippen LogP) is 3.87. The van der Waals surface area contributed by atoms with Gasteiger partial charge >= 0.3 is 5.97 Å². The molecule has 2 rings (SSSR count). The molecule has 0 radical (unpaired) electrons. The lowest BCUT2D eigenvalue weighted by molar-refractivity contribution is -0.384. The van der Waals surface area contributed by atoms with Crippen molar-refractivity contribution in [3.05, 3.63) is 68.8 Å². The molecule has 0 aliphatic heterocycles. The first-order valence-corrected chi connectivity index (χ1v) is 10.1. The number of allylic oxidation sites excluding steroid dienone is 3. The minimum Gasteiger partial charge on any atom is -0.496 e. The highest BCUT2D eigenvalue weighted by atomic mass is 16.6. The van der Waals surface area contributed by atoms with Crippen LogP contribution in [0.1, 0.15) is 39.7 Å². The van der Waals surface area contributed by atoms with E-state index in [0.717, 1.165) is 0 Å². The molecule has 0 heterocycles. The predicted molar refractivity (Wildman–Crippen MR) is 119 cm³/mol. The van der Waals surface area contributed by atoms with Gasteiger partial charge in [0, 0.05) is 36.0 Å². The Morgan fingerprint density at radius 2 is 1.97 bits per heavy atom. The minimum atomic E-state index is -1.45. The maximum absolute atomic E-state index is 13.0. The number of non-ortho nitro benzene ring substituents is 1. The van der Waals surface area contributed by atoms with Gasteiger partial charge < -0.3 is 14.6 Å². The van der Waals surface area contributed by atoms with Gasteiger partial charge in [-0.3, -0.25) is 14.9 Å². The van der Waals surface area contributed by atoms with Crippen molar-refractivity contribution in [1.29, 1.82) is 0 Å². The van der Waals surface area contributed by atoms with E-state index in [1.165, 1.54) is 32.4 Å². The van der Waals surface area contributed by atoms with Crippen molar-refractivity contribution in [2.75, 3.05) is 14.2 Å². The summed E-state index contributed by atoms with van der Waals surface area (Å²) in [5, 5.41) is 22.7. The average Bonchev–Trinajstić information content (AvgIpc) is 2.73. The van der Waals surface area contributed by atoms with E-state index in [2.05, 4.69) is 4.74 Å². The molecule has 1 aliphatic carbocycles. The molecule has 0 amide bonds. The summed E-state index contributed by atoms with van der Waals surface area (Å²) in [6.45, 7) is 7.03. The van der Waals surface area contributed by atoms with Gasteiger partial charge in [0.05, 0.1) is 25.2 Å². The molecule has 1 N–H and O–H groups in total. The van der Waals surface area contributed by atoms with Crippen molar-refractivity contribution in [1.82, 2.24) is 0 Å². The Morgan fingerprint density at radius 3 is 2.53 bits per heavy atom. The summed E-state index contributed by atoms with van der Waals surface area (Å²) in [4.78, 5) is 35.0. The van der Waals surface area contributed by atoms with Crippen LogP contribution in [0.25, 0.3) is 0 Å². The van der Waals surface area contributed by atoms with Gasteiger partial charge in [0.25, 0.3) is 5.69 Å². The molecule has 1 aromatic rings. The monoisotopic (exact) mass is 443 g/mol. The molecule has 172 valence electrons. The minimum absolute atomic E-state index is 0.104. The van der Waals surface area contributed by atoms with Crippen LogP contribution in [-0.2, 0) is 20.7 Å². The third kappa shape index (κ3) is 4.96. The van der Waals surface area contributed by atoms with Gasteiger partial charge in [0.2, 0.25) is 0 Å². The van der Waals surface area contributed by atoms with E-state index in [-0.39, 0.29) is 24.3 Å². The zero-order chi connectivity index (χ0) is 24.3. The Morgan fingerprint density at radius 1 is 1.31 bits per heavy atom. The standard InChI is InChI=1S/C24H29NO7/c1-15(11-22(27)32-6)9-10-24(28)16(2)19(20(26)14-23(24,3)4)12-17-7-8-18(25(29)30)13-21(17)31-5/h7-11,13,28H,12,14H2,1-6H3/t24-/m1/s1. The van der Waals surface area contributed by atoms with Gasteiger partial charge in [-0.2, -0.15) is 0 Å². The summed E-state index contributed by atoms with van der Waals surface area (Å²) < 4.78 is 9.92. The molecule has 1 atom stereocenters. The number of carbonyl (C=O) groups excluding carboxylic acids is 2. The van der Waals surface area contributed by atoms with Crippen LogP contribution in [0.5, 0.6) is 5.75 Å². The molecule has 0 fully saturated rings. The Bertz CT molecular complexity index is 1030. The first kappa shape index (κ1) is 25.0. The van der Waals surface area contributed by atoms with Crippen LogP contribution < -0.4 is 4.74 Å². The fourth-order valence-corrected chi connectivity index (χ4v) is 3.90. The Balaban J connectivity index is 2.53. The second-order valence-corrected chi connectivity index (χ2v) is 8.53. The number of nitro groups is 1. The fraction of sp³-hybridized carbons (Fsp3) is 0.417. The van der Waals surface area contributed by atoms with Crippen LogP contribution in [0.4, 0.5) is 5.69 Å². The number of hydrogen-bond acceptors (Lipinski definition) is 7. The van der Waals surface area contributed by atoms with Crippen LogP contribution >= 0.6 is 0 Å². The zero-order valence-corrected chi connectivity index (χ0v) is 19.2. The van der Waals surface area contributed by atoms with Gasteiger partial charge in [-0.15, -0.1) is 0 Å². The number of nitro benzene ring substituents is 1. The molecule has 32 heavy (non-hydrogen) atoms. The Labute approximate surface area is 187 Å². The number of nitrogens with zero attached hydrogens (tertiary/aromatic N) is 1. The lowest BCUT2D eigenvalue weighted by Gasteiger charge is -2.46. The average molecular weight is 443 g/mol. The number of Topliss-reactive ketones (excluding diaryl/α,β-unsaturated/α-hetero) is 1. The van der Waals surface area contributed by atoms with Crippen molar-refractivity contribution in [3.63, 3.8) is 0 Å². The second-order valence-electron chi connectivity index (χ2n) is 8.53. The molecule has 8 heteroatoms. The maximum atomic E-state index is 13.0. The van der Waals surface area contributed by atoms with Crippen molar-refractivity contribution < 1.29 is 29.1 Å². The number of esters is 1. The Hall–Kier alpha value is -3.26. The van der Waals surface area contributed by atoms with Crippen LogP contribution in [0.15, 0.2) is 53.1 Å². The number of hydrogen-bond donors (Lipinski definition) is 1. The summed E-state index contributed by atoms with van der Waals surface area (Å²) in [6, 6.07) is 4.23. The van der Waals surface area contributed by atoms with Crippen molar-refractivity contribution in [2.24, 2.45) is 5.41 Å². The first-order valence-electron chi connectivity index (χ1n) is 10.1. The van der Waals surface area contributed by atoms with Crippen LogP contribution in [0, 0.1) is 15.5 Å². The molecule has 0 saturated carbocycles.